The fraction of sp³-hybridized carbons (Fsp3) is 0.500. The summed E-state index contributed by atoms with van der Waals surface area (Å²) in [5.74, 6) is 0.137. The van der Waals surface area contributed by atoms with Gasteiger partial charge in [-0.3, -0.25) is 9.69 Å². The minimum Gasteiger partial charge on any atom is -0.292 e. The van der Waals surface area contributed by atoms with Crippen LogP contribution in [0.15, 0.2) is 24.3 Å². The Kier molecular flexibility index (Phi) is 4.72. The van der Waals surface area contributed by atoms with Crippen LogP contribution in [0.5, 0.6) is 0 Å². The fourth-order valence-corrected chi connectivity index (χ4v) is 2.24. The summed E-state index contributed by atoms with van der Waals surface area (Å²) >= 11 is 5.83. The molecule has 0 aliphatic rings. The van der Waals surface area contributed by atoms with Crippen molar-refractivity contribution in [3.8, 4) is 0 Å². The normalized spacial score (nSPS) is 11.9. The molecule has 94 valence electrons. The molecule has 0 amide bonds. The van der Waals surface area contributed by atoms with E-state index in [0.29, 0.717) is 10.6 Å². The van der Waals surface area contributed by atoms with Crippen molar-refractivity contribution in [3.05, 3.63) is 34.9 Å². The van der Waals surface area contributed by atoms with Crippen molar-refractivity contribution < 1.29 is 4.79 Å². The molecule has 0 aliphatic carbocycles. The molecule has 0 atom stereocenters. The molecule has 0 spiro atoms. The molecule has 3 heteroatoms. The first-order valence-electron chi connectivity index (χ1n) is 5.98. The molecule has 0 fully saturated rings. The van der Waals surface area contributed by atoms with Crippen molar-refractivity contribution in [1.29, 1.82) is 0 Å². The second-order valence-corrected chi connectivity index (χ2v) is 5.00. The predicted octanol–water partition coefficient (Wildman–Crippen LogP) is 3.64. The maximum absolute atomic E-state index is 12.5. The van der Waals surface area contributed by atoms with Crippen LogP contribution in [0.1, 0.15) is 38.1 Å². The first kappa shape index (κ1) is 14.2. The molecule has 1 rings (SSSR count). The average Bonchev–Trinajstić information content (AvgIpc) is 2.30. The summed E-state index contributed by atoms with van der Waals surface area (Å²) in [6.07, 6.45) is 0. The summed E-state index contributed by atoms with van der Waals surface area (Å²) in [4.78, 5) is 14.6. The lowest BCUT2D eigenvalue weighted by Gasteiger charge is -2.35. The van der Waals surface area contributed by atoms with Gasteiger partial charge in [0.1, 0.15) is 0 Å². The topological polar surface area (TPSA) is 20.3 Å². The third-order valence-electron chi connectivity index (χ3n) is 3.22. The summed E-state index contributed by atoms with van der Waals surface area (Å²) < 4.78 is 0. The summed E-state index contributed by atoms with van der Waals surface area (Å²) in [5.41, 5.74) is 0.239. The third kappa shape index (κ3) is 3.08. The smallest absolute Gasteiger partial charge is 0.182 e. The minimum atomic E-state index is -0.475. The largest absolute Gasteiger partial charge is 0.292 e. The lowest BCUT2D eigenvalue weighted by atomic mass is 9.91. The van der Waals surface area contributed by atoms with Crippen LogP contribution in [0, 0.1) is 0 Å². The minimum absolute atomic E-state index is 0.137. The van der Waals surface area contributed by atoms with E-state index >= 15 is 0 Å². The van der Waals surface area contributed by atoms with Crippen molar-refractivity contribution in [2.45, 2.75) is 33.2 Å². The highest BCUT2D eigenvalue weighted by Crippen LogP contribution is 2.21. The maximum Gasteiger partial charge on any atom is 0.182 e. The van der Waals surface area contributed by atoms with Crippen LogP contribution >= 0.6 is 11.6 Å². The van der Waals surface area contributed by atoms with Crippen LogP contribution in [0.25, 0.3) is 0 Å². The first-order chi connectivity index (χ1) is 7.93. The van der Waals surface area contributed by atoms with Gasteiger partial charge >= 0.3 is 0 Å². The average molecular weight is 254 g/mol. The second-order valence-electron chi connectivity index (χ2n) is 4.57. The quantitative estimate of drug-likeness (QED) is 0.747. The standard InChI is InChI=1S/C14H20ClNO/c1-5-16(6-2)14(3,4)13(17)11-7-9-12(15)10-8-11/h7-10H,5-6H2,1-4H3. The molecular weight excluding hydrogens is 234 g/mol. The monoisotopic (exact) mass is 253 g/mol. The highest BCUT2D eigenvalue weighted by atomic mass is 35.5. The van der Waals surface area contributed by atoms with Crippen LogP contribution in [0.2, 0.25) is 5.02 Å². The van der Waals surface area contributed by atoms with Gasteiger partial charge in [-0.25, -0.2) is 0 Å². The second kappa shape index (κ2) is 5.65. The van der Waals surface area contributed by atoms with E-state index in [9.17, 15) is 4.79 Å². The number of hydrogen-bond donors (Lipinski definition) is 0. The van der Waals surface area contributed by atoms with Crippen LogP contribution < -0.4 is 0 Å². The van der Waals surface area contributed by atoms with Gasteiger partial charge in [0.25, 0.3) is 0 Å². The van der Waals surface area contributed by atoms with Crippen LogP contribution in [-0.2, 0) is 0 Å². The summed E-state index contributed by atoms with van der Waals surface area (Å²) in [6.45, 7) is 9.81. The molecule has 0 heterocycles. The Hall–Kier alpha value is -0.860. The number of benzene rings is 1. The van der Waals surface area contributed by atoms with Gasteiger partial charge < -0.3 is 0 Å². The summed E-state index contributed by atoms with van der Waals surface area (Å²) in [5, 5.41) is 0.655. The Bertz CT molecular complexity index is 380. The Morgan fingerprint density at radius 3 is 2.06 bits per heavy atom. The number of likely N-dealkylation sites (N-methyl/N-ethyl adjacent to an activating group) is 1. The SMILES string of the molecule is CCN(CC)C(C)(C)C(=O)c1ccc(Cl)cc1. The van der Waals surface area contributed by atoms with Gasteiger partial charge in [0.05, 0.1) is 5.54 Å². The Balaban J connectivity index is 2.99. The van der Waals surface area contributed by atoms with E-state index in [1.165, 1.54) is 0 Å². The number of halogens is 1. The molecule has 2 nitrogen and oxygen atoms in total. The van der Waals surface area contributed by atoms with E-state index in [2.05, 4.69) is 18.7 Å². The van der Waals surface area contributed by atoms with Gasteiger partial charge in [0.15, 0.2) is 5.78 Å². The molecule has 0 unspecified atom stereocenters. The van der Waals surface area contributed by atoms with E-state index < -0.39 is 5.54 Å². The van der Waals surface area contributed by atoms with E-state index in [-0.39, 0.29) is 5.78 Å². The lowest BCUT2D eigenvalue weighted by molar-refractivity contribution is 0.0669. The van der Waals surface area contributed by atoms with Crippen molar-refractivity contribution in [1.82, 2.24) is 4.90 Å². The molecule has 0 N–H and O–H groups in total. The van der Waals surface area contributed by atoms with E-state index in [4.69, 9.17) is 11.6 Å². The maximum atomic E-state index is 12.5. The van der Waals surface area contributed by atoms with Gasteiger partial charge in [-0.1, -0.05) is 25.4 Å². The Morgan fingerprint density at radius 2 is 1.65 bits per heavy atom. The van der Waals surface area contributed by atoms with Gasteiger partial charge in [-0.05, 0) is 51.2 Å². The Morgan fingerprint density at radius 1 is 1.18 bits per heavy atom. The van der Waals surface area contributed by atoms with Crippen LogP contribution in [-0.4, -0.2) is 29.3 Å². The van der Waals surface area contributed by atoms with Gasteiger partial charge in [-0.2, -0.15) is 0 Å². The number of carbonyl (C=O) groups excluding carboxylic acids is 1. The first-order valence-corrected chi connectivity index (χ1v) is 6.36. The number of rotatable bonds is 5. The fourth-order valence-electron chi connectivity index (χ4n) is 2.11. The number of Topliss-reactive ketones (excluding diaryl/α,β-unsaturated/α-hetero) is 1. The van der Waals surface area contributed by atoms with Crippen molar-refractivity contribution in [3.63, 3.8) is 0 Å². The van der Waals surface area contributed by atoms with E-state index in [1.807, 2.05) is 13.8 Å². The summed E-state index contributed by atoms with van der Waals surface area (Å²) in [6, 6.07) is 7.09. The number of carbonyl (C=O) groups is 1. The zero-order valence-corrected chi connectivity index (χ0v) is 11.7. The van der Waals surface area contributed by atoms with Gasteiger partial charge in [0, 0.05) is 10.6 Å². The molecule has 0 bridgehead atoms. The highest BCUT2D eigenvalue weighted by molar-refractivity contribution is 6.30. The van der Waals surface area contributed by atoms with Crippen molar-refractivity contribution >= 4 is 17.4 Å². The van der Waals surface area contributed by atoms with E-state index in [0.717, 1.165) is 13.1 Å². The molecule has 1 aromatic carbocycles. The number of hydrogen-bond acceptors (Lipinski definition) is 2. The van der Waals surface area contributed by atoms with E-state index in [1.54, 1.807) is 24.3 Å². The molecule has 0 aromatic heterocycles. The molecule has 1 aromatic rings. The predicted molar refractivity (Wildman–Crippen MR) is 72.8 cm³/mol. The molecule has 17 heavy (non-hydrogen) atoms. The van der Waals surface area contributed by atoms with Gasteiger partial charge in [-0.15, -0.1) is 0 Å². The molecular formula is C14H20ClNO. The number of nitrogens with zero attached hydrogens (tertiary/aromatic N) is 1. The Labute approximate surface area is 109 Å². The zero-order chi connectivity index (χ0) is 13.1. The molecule has 0 radical (unpaired) electrons. The van der Waals surface area contributed by atoms with Gasteiger partial charge in [0.2, 0.25) is 0 Å². The number of ketones is 1. The van der Waals surface area contributed by atoms with Crippen molar-refractivity contribution in [2.24, 2.45) is 0 Å². The summed E-state index contributed by atoms with van der Waals surface area (Å²) in [7, 11) is 0. The zero-order valence-electron chi connectivity index (χ0n) is 11.0. The van der Waals surface area contributed by atoms with Crippen molar-refractivity contribution in [2.75, 3.05) is 13.1 Å². The van der Waals surface area contributed by atoms with Crippen LogP contribution in [0.3, 0.4) is 0 Å². The molecule has 0 aliphatic heterocycles. The lowest BCUT2D eigenvalue weighted by Crippen LogP contribution is -2.49. The highest BCUT2D eigenvalue weighted by Gasteiger charge is 2.33. The molecule has 0 saturated carbocycles. The third-order valence-corrected chi connectivity index (χ3v) is 3.47. The van der Waals surface area contributed by atoms with Crippen LogP contribution in [0.4, 0.5) is 0 Å². The molecule has 0 saturated heterocycles.